The van der Waals surface area contributed by atoms with Crippen LogP contribution in [-0.2, 0) is 4.74 Å². The summed E-state index contributed by atoms with van der Waals surface area (Å²) >= 11 is 0. The quantitative estimate of drug-likeness (QED) is 0.891. The van der Waals surface area contributed by atoms with Crippen LogP contribution in [0.4, 0.5) is 0 Å². The number of nitrogens with zero attached hydrogens (tertiary/aromatic N) is 1. The summed E-state index contributed by atoms with van der Waals surface area (Å²) in [4.78, 5) is 16.8. The van der Waals surface area contributed by atoms with Crippen molar-refractivity contribution in [2.24, 2.45) is 5.73 Å². The number of para-hydroxylation sites is 1. The van der Waals surface area contributed by atoms with Gasteiger partial charge < -0.3 is 15.8 Å². The smallest absolute Gasteiger partial charge is 0.252 e. The molecule has 0 radical (unpaired) electrons. The largest absolute Gasteiger partial charge is 0.376 e. The third-order valence-corrected chi connectivity index (χ3v) is 3.94. The molecule has 110 valence electrons. The van der Waals surface area contributed by atoms with Crippen LogP contribution in [0.2, 0.25) is 0 Å². The van der Waals surface area contributed by atoms with Crippen molar-refractivity contribution in [2.75, 3.05) is 6.61 Å². The Balaban J connectivity index is 1.81. The molecule has 5 nitrogen and oxygen atoms in total. The van der Waals surface area contributed by atoms with Gasteiger partial charge in [0.15, 0.2) is 0 Å². The summed E-state index contributed by atoms with van der Waals surface area (Å²) in [6.45, 7) is 2.57. The second kappa shape index (κ2) is 5.79. The number of aromatic nitrogens is 1. The maximum Gasteiger partial charge on any atom is 0.252 e. The molecule has 1 aliphatic rings. The van der Waals surface area contributed by atoms with E-state index in [1.165, 1.54) is 0 Å². The maximum atomic E-state index is 12.5. The van der Waals surface area contributed by atoms with Crippen LogP contribution in [0.1, 0.15) is 23.7 Å². The van der Waals surface area contributed by atoms with Crippen LogP contribution < -0.4 is 11.1 Å². The predicted molar refractivity (Wildman–Crippen MR) is 81.0 cm³/mol. The second-order valence-corrected chi connectivity index (χ2v) is 5.27. The zero-order valence-electron chi connectivity index (χ0n) is 12.0. The number of benzene rings is 1. The van der Waals surface area contributed by atoms with Gasteiger partial charge in [-0.05, 0) is 25.5 Å². The van der Waals surface area contributed by atoms with Crippen LogP contribution in [0.15, 0.2) is 36.5 Å². The second-order valence-electron chi connectivity index (χ2n) is 5.27. The maximum absolute atomic E-state index is 12.5. The third kappa shape index (κ3) is 2.62. The van der Waals surface area contributed by atoms with Crippen molar-refractivity contribution in [3.05, 3.63) is 42.1 Å². The highest BCUT2D eigenvalue weighted by atomic mass is 16.5. The zero-order valence-corrected chi connectivity index (χ0v) is 12.0. The molecule has 1 aromatic carbocycles. The minimum atomic E-state index is -0.126. The molecule has 3 rings (SSSR count). The van der Waals surface area contributed by atoms with Crippen LogP contribution in [0, 0.1) is 0 Å². The van der Waals surface area contributed by atoms with Gasteiger partial charge in [0.2, 0.25) is 0 Å². The number of carbonyl (C=O) groups excluding carboxylic acids is 1. The standard InChI is InChI=1S/C16H19N3O2/c1-2-21-14-9-12(17)15(14)19-16(20)11-7-8-18-13-6-4-3-5-10(11)13/h3-8,12,14-15H,2,9,17H2,1H3,(H,19,20). The van der Waals surface area contributed by atoms with Gasteiger partial charge in [0.1, 0.15) is 0 Å². The third-order valence-electron chi connectivity index (χ3n) is 3.94. The number of rotatable bonds is 4. The fraction of sp³-hybridized carbons (Fsp3) is 0.375. The summed E-state index contributed by atoms with van der Waals surface area (Å²) in [6, 6.07) is 9.17. The molecular weight excluding hydrogens is 266 g/mol. The van der Waals surface area contributed by atoms with Crippen molar-refractivity contribution < 1.29 is 9.53 Å². The van der Waals surface area contributed by atoms with Crippen molar-refractivity contribution in [1.29, 1.82) is 0 Å². The van der Waals surface area contributed by atoms with Crippen LogP contribution in [0.5, 0.6) is 0 Å². The first kappa shape index (κ1) is 14.0. The molecule has 3 atom stereocenters. The molecule has 3 unspecified atom stereocenters. The summed E-state index contributed by atoms with van der Waals surface area (Å²) < 4.78 is 5.58. The molecule has 0 aliphatic heterocycles. The highest BCUT2D eigenvalue weighted by Gasteiger charge is 2.40. The molecular formula is C16H19N3O2. The number of fused-ring (bicyclic) bond motifs is 1. The first-order chi connectivity index (χ1) is 10.2. The Morgan fingerprint density at radius 3 is 3.00 bits per heavy atom. The summed E-state index contributed by atoms with van der Waals surface area (Å²) in [5, 5.41) is 3.84. The lowest BCUT2D eigenvalue weighted by Crippen LogP contribution is -2.64. The Labute approximate surface area is 123 Å². The van der Waals surface area contributed by atoms with Gasteiger partial charge in [0.05, 0.1) is 23.2 Å². The number of pyridine rings is 1. The lowest BCUT2D eigenvalue weighted by molar-refractivity contribution is -0.0300. The molecule has 0 spiro atoms. The Bertz CT molecular complexity index is 652. The lowest BCUT2D eigenvalue weighted by atomic mass is 9.83. The van der Waals surface area contributed by atoms with E-state index >= 15 is 0 Å². The molecule has 1 aromatic heterocycles. The van der Waals surface area contributed by atoms with E-state index in [1.807, 2.05) is 31.2 Å². The van der Waals surface area contributed by atoms with Crippen LogP contribution >= 0.6 is 0 Å². The minimum absolute atomic E-state index is 0.0158. The van der Waals surface area contributed by atoms with E-state index in [1.54, 1.807) is 12.3 Å². The molecule has 0 bridgehead atoms. The van der Waals surface area contributed by atoms with E-state index in [4.69, 9.17) is 10.5 Å². The zero-order chi connectivity index (χ0) is 14.8. The van der Waals surface area contributed by atoms with Gasteiger partial charge in [-0.3, -0.25) is 9.78 Å². The van der Waals surface area contributed by atoms with Crippen molar-refractivity contribution in [1.82, 2.24) is 10.3 Å². The number of amides is 1. The molecule has 3 N–H and O–H groups in total. The van der Waals surface area contributed by atoms with E-state index in [2.05, 4.69) is 10.3 Å². The number of hydrogen-bond acceptors (Lipinski definition) is 4. The molecule has 0 saturated heterocycles. The molecule has 1 fully saturated rings. The fourth-order valence-corrected chi connectivity index (χ4v) is 2.75. The molecule has 5 heteroatoms. The van der Waals surface area contributed by atoms with Gasteiger partial charge in [-0.15, -0.1) is 0 Å². The van der Waals surface area contributed by atoms with Crippen molar-refractivity contribution in [3.8, 4) is 0 Å². The van der Waals surface area contributed by atoms with Gasteiger partial charge in [-0.2, -0.15) is 0 Å². The van der Waals surface area contributed by atoms with Gasteiger partial charge in [0.25, 0.3) is 5.91 Å². The average Bonchev–Trinajstić information content (AvgIpc) is 2.51. The predicted octanol–water partition coefficient (Wildman–Crippen LogP) is 1.47. The number of hydrogen-bond donors (Lipinski definition) is 2. The lowest BCUT2D eigenvalue weighted by Gasteiger charge is -2.42. The van der Waals surface area contributed by atoms with E-state index in [-0.39, 0.29) is 24.1 Å². The van der Waals surface area contributed by atoms with Crippen molar-refractivity contribution in [2.45, 2.75) is 31.5 Å². The first-order valence-electron chi connectivity index (χ1n) is 7.22. The molecule has 21 heavy (non-hydrogen) atoms. The topological polar surface area (TPSA) is 77.2 Å². The number of nitrogens with two attached hydrogens (primary N) is 1. The minimum Gasteiger partial charge on any atom is -0.376 e. The summed E-state index contributed by atoms with van der Waals surface area (Å²) in [7, 11) is 0. The summed E-state index contributed by atoms with van der Waals surface area (Å²) in [5.74, 6) is -0.126. The Hall–Kier alpha value is -1.98. The van der Waals surface area contributed by atoms with Crippen LogP contribution in [0.25, 0.3) is 10.9 Å². The van der Waals surface area contributed by atoms with E-state index in [0.717, 1.165) is 17.3 Å². The van der Waals surface area contributed by atoms with Gasteiger partial charge in [-0.25, -0.2) is 0 Å². The Kier molecular flexibility index (Phi) is 3.86. The number of ether oxygens (including phenoxy) is 1. The van der Waals surface area contributed by atoms with E-state index in [0.29, 0.717) is 12.2 Å². The van der Waals surface area contributed by atoms with Crippen LogP contribution in [0.3, 0.4) is 0 Å². The monoisotopic (exact) mass is 285 g/mol. The molecule has 2 aromatic rings. The summed E-state index contributed by atoms with van der Waals surface area (Å²) in [6.07, 6.45) is 2.45. The van der Waals surface area contributed by atoms with Gasteiger partial charge in [0, 0.05) is 24.2 Å². The van der Waals surface area contributed by atoms with E-state index < -0.39 is 0 Å². The SMILES string of the molecule is CCOC1CC(N)C1NC(=O)c1ccnc2ccccc12. The first-order valence-corrected chi connectivity index (χ1v) is 7.22. The molecule has 1 aliphatic carbocycles. The van der Waals surface area contributed by atoms with Crippen molar-refractivity contribution >= 4 is 16.8 Å². The van der Waals surface area contributed by atoms with Gasteiger partial charge in [-0.1, -0.05) is 18.2 Å². The normalized spacial score (nSPS) is 24.6. The highest BCUT2D eigenvalue weighted by Crippen LogP contribution is 2.24. The van der Waals surface area contributed by atoms with Gasteiger partial charge >= 0.3 is 0 Å². The Morgan fingerprint density at radius 2 is 2.24 bits per heavy atom. The number of nitrogens with one attached hydrogen (secondary N) is 1. The van der Waals surface area contributed by atoms with Crippen molar-refractivity contribution in [3.63, 3.8) is 0 Å². The summed E-state index contributed by atoms with van der Waals surface area (Å²) in [5.41, 5.74) is 7.41. The Morgan fingerprint density at radius 1 is 1.43 bits per heavy atom. The fourth-order valence-electron chi connectivity index (χ4n) is 2.75. The van der Waals surface area contributed by atoms with E-state index in [9.17, 15) is 4.79 Å². The average molecular weight is 285 g/mol. The van der Waals surface area contributed by atoms with Crippen LogP contribution in [-0.4, -0.2) is 35.7 Å². The molecule has 1 amide bonds. The highest BCUT2D eigenvalue weighted by molar-refractivity contribution is 6.06. The number of carbonyl (C=O) groups is 1. The molecule has 1 heterocycles. The molecule has 1 saturated carbocycles.